The molecule has 2 N–H and O–H groups in total. The first-order valence-corrected chi connectivity index (χ1v) is 8.30. The van der Waals surface area contributed by atoms with E-state index in [9.17, 15) is 8.42 Å². The van der Waals surface area contributed by atoms with Crippen LogP contribution < -0.4 is 5.73 Å². The van der Waals surface area contributed by atoms with E-state index in [4.69, 9.17) is 18.0 Å². The van der Waals surface area contributed by atoms with Gasteiger partial charge in [-0.1, -0.05) is 31.3 Å². The Morgan fingerprint density at radius 1 is 1.21 bits per heavy atom. The highest BCUT2D eigenvalue weighted by molar-refractivity contribution is 7.92. The minimum Gasteiger partial charge on any atom is -0.393 e. The average Bonchev–Trinajstić information content (AvgIpc) is 2.28. The van der Waals surface area contributed by atoms with Crippen molar-refractivity contribution in [3.8, 4) is 0 Å². The van der Waals surface area contributed by atoms with Crippen molar-refractivity contribution in [2.75, 3.05) is 0 Å². The number of hydrogen-bond donors (Lipinski definition) is 1. The molecular formula is C14H21NO2S2. The van der Waals surface area contributed by atoms with Crippen LogP contribution in [0.4, 0.5) is 0 Å². The van der Waals surface area contributed by atoms with Gasteiger partial charge in [-0.15, -0.1) is 0 Å². The van der Waals surface area contributed by atoms with Crippen molar-refractivity contribution in [1.29, 1.82) is 0 Å². The van der Waals surface area contributed by atoms with Crippen molar-refractivity contribution >= 4 is 27.0 Å². The van der Waals surface area contributed by atoms with Crippen molar-refractivity contribution in [2.24, 2.45) is 11.7 Å². The Hall–Kier alpha value is -0.940. The van der Waals surface area contributed by atoms with Gasteiger partial charge >= 0.3 is 0 Å². The van der Waals surface area contributed by atoms with E-state index >= 15 is 0 Å². The minimum atomic E-state index is -3.18. The summed E-state index contributed by atoms with van der Waals surface area (Å²) in [5.74, 6) is 0.366. The van der Waals surface area contributed by atoms with Crippen molar-refractivity contribution in [3.63, 3.8) is 0 Å². The predicted octanol–water partition coefficient (Wildman–Crippen LogP) is 2.72. The first-order chi connectivity index (χ1) is 8.73. The molecule has 1 unspecified atom stereocenters. The van der Waals surface area contributed by atoms with E-state index in [-0.39, 0.29) is 0 Å². The van der Waals surface area contributed by atoms with Crippen LogP contribution in [0.2, 0.25) is 0 Å². The van der Waals surface area contributed by atoms with Crippen LogP contribution in [0.3, 0.4) is 0 Å². The fourth-order valence-corrected chi connectivity index (χ4v) is 3.25. The van der Waals surface area contributed by atoms with Gasteiger partial charge in [0.15, 0.2) is 9.84 Å². The SMILES string of the molecule is CC(CC(N)=S)Cc1ccc(S(=O)(=O)C(C)C)cc1. The quantitative estimate of drug-likeness (QED) is 0.821. The smallest absolute Gasteiger partial charge is 0.180 e. The highest BCUT2D eigenvalue weighted by Gasteiger charge is 2.18. The van der Waals surface area contributed by atoms with Crippen molar-refractivity contribution in [2.45, 2.75) is 43.8 Å². The second-order valence-electron chi connectivity index (χ2n) is 5.22. The van der Waals surface area contributed by atoms with Crippen LogP contribution in [0.1, 0.15) is 32.8 Å². The standard InChI is InChI=1S/C14H21NO2S2/c1-10(2)19(16,17)13-6-4-12(5-7-13)8-11(3)9-14(15)18/h4-7,10-11H,8-9H2,1-3H3,(H2,15,18). The summed E-state index contributed by atoms with van der Waals surface area (Å²) in [6.07, 6.45) is 1.56. The monoisotopic (exact) mass is 299 g/mol. The molecule has 1 aromatic rings. The lowest BCUT2D eigenvalue weighted by Crippen LogP contribution is -2.15. The molecule has 0 radical (unpaired) electrons. The van der Waals surface area contributed by atoms with Gasteiger partial charge in [0.2, 0.25) is 0 Å². The summed E-state index contributed by atoms with van der Waals surface area (Å²) in [5.41, 5.74) is 6.62. The Labute approximate surface area is 121 Å². The molecule has 1 rings (SSSR count). The first-order valence-electron chi connectivity index (χ1n) is 6.34. The average molecular weight is 299 g/mol. The molecule has 5 heteroatoms. The third kappa shape index (κ3) is 4.58. The molecule has 0 fully saturated rings. The molecule has 0 aliphatic heterocycles. The Bertz CT molecular complexity index is 533. The van der Waals surface area contributed by atoms with Crippen LogP contribution in [0, 0.1) is 5.92 Å². The summed E-state index contributed by atoms with van der Waals surface area (Å²) < 4.78 is 24.0. The predicted molar refractivity (Wildman–Crippen MR) is 83.0 cm³/mol. The largest absolute Gasteiger partial charge is 0.393 e. The third-order valence-corrected chi connectivity index (χ3v) is 5.34. The number of thiocarbonyl (C=S) groups is 1. The van der Waals surface area contributed by atoms with Gasteiger partial charge in [-0.3, -0.25) is 0 Å². The fourth-order valence-electron chi connectivity index (χ4n) is 1.91. The number of sulfone groups is 1. The Balaban J connectivity index is 2.80. The second kappa shape index (κ2) is 6.48. The summed E-state index contributed by atoms with van der Waals surface area (Å²) >= 11 is 4.88. The molecule has 3 nitrogen and oxygen atoms in total. The number of rotatable bonds is 6. The van der Waals surface area contributed by atoms with Crippen LogP contribution >= 0.6 is 12.2 Å². The molecule has 106 valence electrons. The maximum absolute atomic E-state index is 12.0. The fraction of sp³-hybridized carbons (Fsp3) is 0.500. The summed E-state index contributed by atoms with van der Waals surface area (Å²) in [4.78, 5) is 0.903. The number of nitrogens with two attached hydrogens (primary N) is 1. The number of hydrogen-bond acceptors (Lipinski definition) is 3. The zero-order valence-corrected chi connectivity index (χ0v) is 13.2. The minimum absolute atomic E-state index is 0.366. The third-order valence-electron chi connectivity index (χ3n) is 3.01. The summed E-state index contributed by atoms with van der Waals surface area (Å²) in [6.45, 7) is 5.46. The highest BCUT2D eigenvalue weighted by atomic mass is 32.2. The molecule has 0 aliphatic rings. The van der Waals surface area contributed by atoms with Gasteiger partial charge in [0.05, 0.1) is 15.1 Å². The van der Waals surface area contributed by atoms with E-state index in [1.807, 2.05) is 12.1 Å². The Morgan fingerprint density at radius 2 is 1.74 bits per heavy atom. The van der Waals surface area contributed by atoms with Gasteiger partial charge in [0, 0.05) is 6.42 Å². The first kappa shape index (κ1) is 16.1. The van der Waals surface area contributed by atoms with E-state index in [1.165, 1.54) is 0 Å². The summed E-state index contributed by atoms with van der Waals surface area (Å²) in [7, 11) is -3.18. The molecule has 0 aromatic heterocycles. The molecule has 19 heavy (non-hydrogen) atoms. The number of benzene rings is 1. The van der Waals surface area contributed by atoms with E-state index in [1.54, 1.807) is 26.0 Å². The van der Waals surface area contributed by atoms with Gasteiger partial charge in [0.25, 0.3) is 0 Å². The second-order valence-corrected chi connectivity index (χ2v) is 8.25. The van der Waals surface area contributed by atoms with Gasteiger partial charge < -0.3 is 5.73 Å². The lowest BCUT2D eigenvalue weighted by molar-refractivity contribution is 0.587. The maximum atomic E-state index is 12.0. The summed E-state index contributed by atoms with van der Waals surface area (Å²) in [6, 6.07) is 7.09. The van der Waals surface area contributed by atoms with Crippen molar-refractivity contribution in [1.82, 2.24) is 0 Å². The van der Waals surface area contributed by atoms with Gasteiger partial charge in [0.1, 0.15) is 0 Å². The topological polar surface area (TPSA) is 60.2 Å². The Morgan fingerprint density at radius 3 is 2.16 bits per heavy atom. The maximum Gasteiger partial charge on any atom is 0.180 e. The van der Waals surface area contributed by atoms with Gasteiger partial charge in [-0.05, 0) is 43.9 Å². The van der Waals surface area contributed by atoms with Crippen LogP contribution in [0.25, 0.3) is 0 Å². The van der Waals surface area contributed by atoms with E-state index < -0.39 is 15.1 Å². The van der Waals surface area contributed by atoms with Crippen LogP contribution in [0.15, 0.2) is 29.2 Å². The van der Waals surface area contributed by atoms with E-state index in [2.05, 4.69) is 6.92 Å². The molecule has 1 aromatic carbocycles. The molecule has 0 heterocycles. The molecule has 0 bridgehead atoms. The van der Waals surface area contributed by atoms with E-state index in [0.29, 0.717) is 22.2 Å². The van der Waals surface area contributed by atoms with Crippen LogP contribution in [-0.2, 0) is 16.3 Å². The van der Waals surface area contributed by atoms with Crippen molar-refractivity contribution < 1.29 is 8.42 Å². The van der Waals surface area contributed by atoms with Crippen LogP contribution in [0.5, 0.6) is 0 Å². The highest BCUT2D eigenvalue weighted by Crippen LogP contribution is 2.18. The lowest BCUT2D eigenvalue weighted by atomic mass is 9.98. The van der Waals surface area contributed by atoms with Gasteiger partial charge in [-0.25, -0.2) is 8.42 Å². The van der Waals surface area contributed by atoms with Gasteiger partial charge in [-0.2, -0.15) is 0 Å². The molecule has 0 spiro atoms. The van der Waals surface area contributed by atoms with Crippen molar-refractivity contribution in [3.05, 3.63) is 29.8 Å². The van der Waals surface area contributed by atoms with Crippen LogP contribution in [-0.4, -0.2) is 18.7 Å². The normalized spacial score (nSPS) is 13.5. The molecule has 0 amide bonds. The van der Waals surface area contributed by atoms with E-state index in [0.717, 1.165) is 12.0 Å². The lowest BCUT2D eigenvalue weighted by Gasteiger charge is -2.12. The molecule has 0 saturated carbocycles. The molecule has 1 atom stereocenters. The molecule has 0 aliphatic carbocycles. The molecule has 0 saturated heterocycles. The zero-order chi connectivity index (χ0) is 14.6. The molecular weight excluding hydrogens is 278 g/mol. The zero-order valence-electron chi connectivity index (χ0n) is 11.6. The Kier molecular flexibility index (Phi) is 5.50. The summed E-state index contributed by atoms with van der Waals surface area (Å²) in [5, 5.41) is -0.396.